The number of fused-ring (bicyclic) bond motifs is 1. The van der Waals surface area contributed by atoms with E-state index < -0.39 is 0 Å². The lowest BCUT2D eigenvalue weighted by Crippen LogP contribution is -2.39. The summed E-state index contributed by atoms with van der Waals surface area (Å²) >= 11 is 3.61. The molecule has 4 nitrogen and oxygen atoms in total. The van der Waals surface area contributed by atoms with E-state index in [-0.39, 0.29) is 0 Å². The second kappa shape index (κ2) is 5.92. The molecule has 0 amide bonds. The minimum atomic E-state index is 0.362. The molecule has 1 fully saturated rings. The third kappa shape index (κ3) is 2.54. The molecular weight excluding hydrogens is 320 g/mol. The maximum atomic E-state index is 5.97. The van der Waals surface area contributed by atoms with E-state index in [2.05, 4.69) is 40.0 Å². The van der Waals surface area contributed by atoms with E-state index in [9.17, 15) is 0 Å². The molecule has 0 saturated carbocycles. The summed E-state index contributed by atoms with van der Waals surface area (Å²) in [6.45, 7) is 3.07. The van der Waals surface area contributed by atoms with Crippen LogP contribution in [0.4, 0.5) is 0 Å². The first-order valence-corrected chi connectivity index (χ1v) is 7.99. The first-order chi connectivity index (χ1) is 9.70. The van der Waals surface area contributed by atoms with Gasteiger partial charge in [-0.1, -0.05) is 0 Å². The summed E-state index contributed by atoms with van der Waals surface area (Å²) in [5.74, 6) is 2.17. The van der Waals surface area contributed by atoms with Gasteiger partial charge in [0.15, 0.2) is 11.5 Å². The van der Waals surface area contributed by atoms with E-state index in [4.69, 9.17) is 15.2 Å². The predicted molar refractivity (Wildman–Crippen MR) is 82.3 cm³/mol. The molecule has 2 heterocycles. The van der Waals surface area contributed by atoms with Gasteiger partial charge in [0.2, 0.25) is 0 Å². The number of piperidine rings is 1. The van der Waals surface area contributed by atoms with Crippen LogP contribution in [0.2, 0.25) is 0 Å². The SMILES string of the molecule is CN1CCCC(CN)C1c1cc(Br)c2c(c1)OCCO2. The number of likely N-dealkylation sites (tertiary alicyclic amines) is 1. The first kappa shape index (κ1) is 14.2. The Morgan fingerprint density at radius 1 is 1.35 bits per heavy atom. The number of rotatable bonds is 2. The van der Waals surface area contributed by atoms with Crippen LogP contribution in [0.5, 0.6) is 11.5 Å². The fourth-order valence-electron chi connectivity index (χ4n) is 3.33. The molecule has 0 aromatic heterocycles. The first-order valence-electron chi connectivity index (χ1n) is 7.20. The molecule has 1 aromatic carbocycles. The van der Waals surface area contributed by atoms with Gasteiger partial charge >= 0.3 is 0 Å². The highest BCUT2D eigenvalue weighted by atomic mass is 79.9. The fourth-order valence-corrected chi connectivity index (χ4v) is 3.91. The average molecular weight is 341 g/mol. The number of hydrogen-bond donors (Lipinski definition) is 1. The van der Waals surface area contributed by atoms with Crippen LogP contribution in [-0.4, -0.2) is 38.3 Å². The molecule has 5 heteroatoms. The summed E-state index contributed by atoms with van der Waals surface area (Å²) in [5, 5.41) is 0. The van der Waals surface area contributed by atoms with E-state index >= 15 is 0 Å². The lowest BCUT2D eigenvalue weighted by molar-refractivity contribution is 0.124. The zero-order chi connectivity index (χ0) is 14.1. The number of ether oxygens (including phenoxy) is 2. The smallest absolute Gasteiger partial charge is 0.175 e. The predicted octanol–water partition coefficient (Wildman–Crippen LogP) is 2.56. The van der Waals surface area contributed by atoms with E-state index in [1.54, 1.807) is 0 Å². The molecule has 2 aliphatic rings. The van der Waals surface area contributed by atoms with Crippen LogP contribution in [0.15, 0.2) is 16.6 Å². The van der Waals surface area contributed by atoms with Gasteiger partial charge in [0.1, 0.15) is 13.2 Å². The molecule has 2 atom stereocenters. The van der Waals surface area contributed by atoms with Crippen molar-refractivity contribution in [1.29, 1.82) is 0 Å². The maximum Gasteiger partial charge on any atom is 0.175 e. The molecule has 3 rings (SSSR count). The highest BCUT2D eigenvalue weighted by Crippen LogP contribution is 2.43. The molecule has 20 heavy (non-hydrogen) atoms. The van der Waals surface area contributed by atoms with E-state index in [0.29, 0.717) is 25.2 Å². The highest BCUT2D eigenvalue weighted by Gasteiger charge is 2.31. The topological polar surface area (TPSA) is 47.7 Å². The zero-order valence-corrected chi connectivity index (χ0v) is 13.4. The monoisotopic (exact) mass is 340 g/mol. The summed E-state index contributed by atoms with van der Waals surface area (Å²) in [7, 11) is 2.18. The van der Waals surface area contributed by atoms with Gasteiger partial charge in [0, 0.05) is 6.04 Å². The van der Waals surface area contributed by atoms with Crippen molar-refractivity contribution in [3.05, 3.63) is 22.2 Å². The molecule has 1 saturated heterocycles. The van der Waals surface area contributed by atoms with Crippen LogP contribution < -0.4 is 15.2 Å². The molecule has 110 valence electrons. The quantitative estimate of drug-likeness (QED) is 0.898. The number of benzene rings is 1. The van der Waals surface area contributed by atoms with Crippen molar-refractivity contribution in [3.63, 3.8) is 0 Å². The van der Waals surface area contributed by atoms with Crippen molar-refractivity contribution in [2.75, 3.05) is 33.4 Å². The minimum absolute atomic E-state index is 0.362. The van der Waals surface area contributed by atoms with Crippen molar-refractivity contribution in [2.24, 2.45) is 11.7 Å². The molecule has 2 N–H and O–H groups in total. The Labute approximate surface area is 128 Å². The summed E-state index contributed by atoms with van der Waals surface area (Å²) in [5.41, 5.74) is 7.24. The van der Waals surface area contributed by atoms with Gasteiger partial charge in [-0.15, -0.1) is 0 Å². The van der Waals surface area contributed by atoms with Gasteiger partial charge < -0.3 is 15.2 Å². The fraction of sp³-hybridized carbons (Fsp3) is 0.600. The molecule has 1 aromatic rings. The van der Waals surface area contributed by atoms with Crippen LogP contribution in [0.1, 0.15) is 24.4 Å². The van der Waals surface area contributed by atoms with Gasteiger partial charge in [-0.25, -0.2) is 0 Å². The Bertz CT molecular complexity index is 495. The van der Waals surface area contributed by atoms with Gasteiger partial charge in [0.05, 0.1) is 4.47 Å². The Balaban J connectivity index is 1.98. The van der Waals surface area contributed by atoms with Crippen LogP contribution in [0.3, 0.4) is 0 Å². The highest BCUT2D eigenvalue weighted by molar-refractivity contribution is 9.10. The molecule has 0 aliphatic carbocycles. The zero-order valence-electron chi connectivity index (χ0n) is 11.8. The number of nitrogens with zero attached hydrogens (tertiary/aromatic N) is 1. The summed E-state index contributed by atoms with van der Waals surface area (Å²) in [4.78, 5) is 2.40. The Morgan fingerprint density at radius 2 is 2.15 bits per heavy atom. The standard InChI is InChI=1S/C15H21BrN2O2/c1-18-4-2-3-10(9-17)14(18)11-7-12(16)15-13(8-11)19-5-6-20-15/h7-8,10,14H,2-6,9,17H2,1H3. The van der Waals surface area contributed by atoms with Crippen molar-refractivity contribution >= 4 is 15.9 Å². The lowest BCUT2D eigenvalue weighted by atomic mass is 9.85. The van der Waals surface area contributed by atoms with Crippen LogP contribution >= 0.6 is 15.9 Å². The van der Waals surface area contributed by atoms with Crippen molar-refractivity contribution in [2.45, 2.75) is 18.9 Å². The van der Waals surface area contributed by atoms with Gasteiger partial charge in [-0.2, -0.15) is 0 Å². The normalized spacial score (nSPS) is 26.6. The molecule has 2 unspecified atom stereocenters. The summed E-state index contributed by atoms with van der Waals surface area (Å²) in [6, 6.07) is 4.64. The molecule has 2 aliphatic heterocycles. The largest absolute Gasteiger partial charge is 0.486 e. The van der Waals surface area contributed by atoms with Crippen molar-refractivity contribution in [1.82, 2.24) is 4.90 Å². The average Bonchev–Trinajstić information content (AvgIpc) is 2.46. The minimum Gasteiger partial charge on any atom is -0.486 e. The number of halogens is 1. The Hall–Kier alpha value is -0.780. The third-order valence-corrected chi connectivity index (χ3v) is 4.86. The lowest BCUT2D eigenvalue weighted by Gasteiger charge is -2.39. The van der Waals surface area contributed by atoms with Gasteiger partial charge in [-0.3, -0.25) is 4.90 Å². The number of nitrogens with two attached hydrogens (primary N) is 1. The van der Waals surface area contributed by atoms with Crippen LogP contribution in [0, 0.1) is 5.92 Å². The van der Waals surface area contributed by atoms with Gasteiger partial charge in [0.25, 0.3) is 0 Å². The summed E-state index contributed by atoms with van der Waals surface area (Å²) < 4.78 is 12.4. The second-order valence-corrected chi connectivity index (χ2v) is 6.44. The van der Waals surface area contributed by atoms with E-state index in [0.717, 1.165) is 29.1 Å². The molecule has 0 spiro atoms. The van der Waals surface area contributed by atoms with E-state index in [1.807, 2.05) is 0 Å². The Morgan fingerprint density at radius 3 is 2.95 bits per heavy atom. The van der Waals surface area contributed by atoms with Crippen LogP contribution in [0.25, 0.3) is 0 Å². The van der Waals surface area contributed by atoms with Crippen molar-refractivity contribution in [3.8, 4) is 11.5 Å². The Kier molecular flexibility index (Phi) is 4.19. The molecular formula is C15H21BrN2O2. The molecule has 0 radical (unpaired) electrons. The third-order valence-electron chi connectivity index (χ3n) is 4.27. The number of hydrogen-bond acceptors (Lipinski definition) is 4. The van der Waals surface area contributed by atoms with Gasteiger partial charge in [-0.05, 0) is 72.5 Å². The molecule has 0 bridgehead atoms. The van der Waals surface area contributed by atoms with E-state index in [1.165, 1.54) is 18.4 Å². The maximum absolute atomic E-state index is 5.97. The second-order valence-electron chi connectivity index (χ2n) is 5.59. The summed E-state index contributed by atoms with van der Waals surface area (Å²) in [6.07, 6.45) is 2.41. The van der Waals surface area contributed by atoms with Crippen LogP contribution in [-0.2, 0) is 0 Å². The van der Waals surface area contributed by atoms with Crippen molar-refractivity contribution < 1.29 is 9.47 Å².